The number of carboxylic acids is 2. The maximum absolute atomic E-state index is 9.10. The van der Waals surface area contributed by atoms with Crippen LogP contribution in [0.3, 0.4) is 0 Å². The summed E-state index contributed by atoms with van der Waals surface area (Å²) in [6.07, 6.45) is 4.11. The molecule has 0 bridgehead atoms. The number of hydrogen-bond donors (Lipinski definition) is 2. The quantitative estimate of drug-likeness (QED) is 0.513. The van der Waals surface area contributed by atoms with E-state index in [1.165, 1.54) is 19.3 Å². The zero-order chi connectivity index (χ0) is 20.7. The van der Waals surface area contributed by atoms with E-state index in [4.69, 9.17) is 19.8 Å². The van der Waals surface area contributed by atoms with Crippen LogP contribution in [0.15, 0.2) is 91.0 Å². The van der Waals surface area contributed by atoms with Crippen LogP contribution < -0.4 is 15.9 Å². The van der Waals surface area contributed by atoms with E-state index in [1.807, 2.05) is 0 Å². The molecule has 0 heterocycles. The fraction of sp³-hybridized carbons (Fsp3) is 0.167. The molecule has 2 N–H and O–H groups in total. The standard InChI is InChI=1S/C22H23P.C2H2O4/c1-4-11-19(12-5-1)23(22-17-10-18-22,20-13-6-2-7-14-20)21-15-8-3-9-16-21;3-1(4)2(5)6/h1-9,11-16,22-23H,10,17-18H2;(H,3,4)(H,5,6). The Morgan fingerprint density at radius 1 is 0.621 bits per heavy atom. The Balaban J connectivity index is 0.000000353. The van der Waals surface area contributed by atoms with Crippen molar-refractivity contribution < 1.29 is 19.8 Å². The number of carboxylic acid groups (broad SMARTS) is 2. The molecule has 0 spiro atoms. The summed E-state index contributed by atoms with van der Waals surface area (Å²) in [5, 5.41) is 19.5. The third-order valence-corrected chi connectivity index (χ3v) is 11.1. The van der Waals surface area contributed by atoms with E-state index < -0.39 is 19.2 Å². The van der Waals surface area contributed by atoms with Gasteiger partial charge in [-0.15, -0.1) is 0 Å². The Bertz CT molecular complexity index is 830. The molecule has 1 saturated carbocycles. The fourth-order valence-electron chi connectivity index (χ4n) is 4.15. The number of hydrogen-bond acceptors (Lipinski definition) is 2. The van der Waals surface area contributed by atoms with Crippen molar-refractivity contribution in [3.05, 3.63) is 91.0 Å². The van der Waals surface area contributed by atoms with E-state index in [2.05, 4.69) is 91.0 Å². The average Bonchev–Trinajstić information content (AvgIpc) is 2.73. The summed E-state index contributed by atoms with van der Waals surface area (Å²) in [4.78, 5) is 18.2. The Morgan fingerprint density at radius 2 is 0.931 bits per heavy atom. The Hall–Kier alpha value is -2.97. The molecule has 0 radical (unpaired) electrons. The van der Waals surface area contributed by atoms with Gasteiger partial charge in [0.05, 0.1) is 0 Å². The molecule has 4 rings (SSSR count). The Labute approximate surface area is 171 Å². The van der Waals surface area contributed by atoms with Crippen LogP contribution in [0, 0.1) is 0 Å². The van der Waals surface area contributed by atoms with Crippen LogP contribution in [0.5, 0.6) is 0 Å². The molecule has 29 heavy (non-hydrogen) atoms. The van der Waals surface area contributed by atoms with E-state index in [0.29, 0.717) is 0 Å². The van der Waals surface area contributed by atoms with Crippen LogP contribution in [0.2, 0.25) is 0 Å². The molecule has 0 amide bonds. The molecule has 1 aliphatic rings. The second-order valence-corrected chi connectivity index (χ2v) is 11.3. The van der Waals surface area contributed by atoms with Gasteiger partial charge in [0, 0.05) is 0 Å². The van der Waals surface area contributed by atoms with Gasteiger partial charge in [-0.3, -0.25) is 0 Å². The molecule has 1 aliphatic carbocycles. The molecular formula is C24H25O4P. The monoisotopic (exact) mass is 408 g/mol. The minimum atomic E-state index is -1.94. The summed E-state index contributed by atoms with van der Waals surface area (Å²) in [5.41, 5.74) is 0.815. The zero-order valence-corrected chi connectivity index (χ0v) is 17.1. The summed E-state index contributed by atoms with van der Waals surface area (Å²) < 4.78 is 0. The molecular weight excluding hydrogens is 383 g/mol. The summed E-state index contributed by atoms with van der Waals surface area (Å²) in [6, 6.07) is 33.9. The van der Waals surface area contributed by atoms with Gasteiger partial charge < -0.3 is 10.2 Å². The van der Waals surface area contributed by atoms with Gasteiger partial charge >= 0.3 is 151 Å². The second kappa shape index (κ2) is 9.49. The number of carbonyl (C=O) groups is 2. The van der Waals surface area contributed by atoms with Gasteiger partial charge in [0.25, 0.3) is 0 Å². The van der Waals surface area contributed by atoms with Crippen molar-refractivity contribution in [3.63, 3.8) is 0 Å². The Kier molecular flexibility index (Phi) is 6.79. The molecule has 0 aliphatic heterocycles. The number of rotatable bonds is 4. The first kappa shape index (κ1) is 20.8. The number of aliphatic carboxylic acids is 2. The molecule has 1 fully saturated rings. The normalized spacial score (nSPS) is 14.1. The molecule has 3 aromatic rings. The van der Waals surface area contributed by atoms with Crippen molar-refractivity contribution in [3.8, 4) is 0 Å². The van der Waals surface area contributed by atoms with Crippen molar-refractivity contribution in [1.29, 1.82) is 0 Å². The van der Waals surface area contributed by atoms with Crippen molar-refractivity contribution in [2.24, 2.45) is 0 Å². The number of benzene rings is 3. The van der Waals surface area contributed by atoms with Gasteiger partial charge in [0.15, 0.2) is 0 Å². The fourth-order valence-corrected chi connectivity index (χ4v) is 9.99. The van der Waals surface area contributed by atoms with Crippen molar-refractivity contribution >= 4 is 35.1 Å². The molecule has 5 heteroatoms. The molecule has 150 valence electrons. The van der Waals surface area contributed by atoms with Crippen molar-refractivity contribution in [1.82, 2.24) is 0 Å². The van der Waals surface area contributed by atoms with Gasteiger partial charge in [-0.25, -0.2) is 9.59 Å². The van der Waals surface area contributed by atoms with Gasteiger partial charge in [-0.2, -0.15) is 0 Å². The van der Waals surface area contributed by atoms with E-state index in [1.54, 1.807) is 15.9 Å². The van der Waals surface area contributed by atoms with Gasteiger partial charge in [0.2, 0.25) is 0 Å². The topological polar surface area (TPSA) is 74.6 Å². The van der Waals surface area contributed by atoms with Crippen LogP contribution in [-0.2, 0) is 9.59 Å². The first-order valence-corrected chi connectivity index (χ1v) is 11.8. The van der Waals surface area contributed by atoms with E-state index in [0.717, 1.165) is 5.66 Å². The summed E-state index contributed by atoms with van der Waals surface area (Å²) in [6.45, 7) is 0. The maximum atomic E-state index is 9.10. The van der Waals surface area contributed by atoms with Crippen LogP contribution >= 0.6 is 7.26 Å². The van der Waals surface area contributed by atoms with Gasteiger partial charge in [-0.05, 0) is 0 Å². The molecule has 4 nitrogen and oxygen atoms in total. The van der Waals surface area contributed by atoms with Gasteiger partial charge in [-0.1, -0.05) is 0 Å². The molecule has 3 aromatic carbocycles. The average molecular weight is 408 g/mol. The molecule has 0 saturated heterocycles. The van der Waals surface area contributed by atoms with Crippen LogP contribution in [0.25, 0.3) is 0 Å². The van der Waals surface area contributed by atoms with Crippen molar-refractivity contribution in [2.45, 2.75) is 24.9 Å². The molecule has 0 atom stereocenters. The predicted octanol–water partition coefficient (Wildman–Crippen LogP) is 3.42. The van der Waals surface area contributed by atoms with E-state index in [9.17, 15) is 0 Å². The summed E-state index contributed by atoms with van der Waals surface area (Å²) >= 11 is 0. The van der Waals surface area contributed by atoms with E-state index in [-0.39, 0.29) is 0 Å². The van der Waals surface area contributed by atoms with Crippen LogP contribution in [0.1, 0.15) is 19.3 Å². The Morgan fingerprint density at radius 3 is 1.14 bits per heavy atom. The zero-order valence-electron chi connectivity index (χ0n) is 16.1. The molecule has 0 unspecified atom stereocenters. The molecule has 0 aromatic heterocycles. The van der Waals surface area contributed by atoms with Crippen molar-refractivity contribution in [2.75, 3.05) is 0 Å². The summed E-state index contributed by atoms with van der Waals surface area (Å²) in [5.74, 6) is -3.65. The van der Waals surface area contributed by atoms with E-state index >= 15 is 0 Å². The third-order valence-electron chi connectivity index (χ3n) is 5.59. The minimum absolute atomic E-state index is 0.815. The SMILES string of the molecule is O=C(O)C(=O)O.c1ccc([PH](c2ccccc2)(c2ccccc2)C2CCC2)cc1. The predicted molar refractivity (Wildman–Crippen MR) is 119 cm³/mol. The third kappa shape index (κ3) is 4.38. The second-order valence-electron chi connectivity index (χ2n) is 7.14. The first-order valence-electron chi connectivity index (χ1n) is 9.69. The first-order chi connectivity index (χ1) is 14.1. The van der Waals surface area contributed by atoms with Crippen LogP contribution in [0.4, 0.5) is 0 Å². The van der Waals surface area contributed by atoms with Crippen LogP contribution in [-0.4, -0.2) is 27.8 Å². The van der Waals surface area contributed by atoms with Gasteiger partial charge in [0.1, 0.15) is 0 Å². The summed E-state index contributed by atoms with van der Waals surface area (Å²) in [7, 11) is -1.94.